The zero-order valence-electron chi connectivity index (χ0n) is 15.6. The average Bonchev–Trinajstić information content (AvgIpc) is 3.10. The molecular weight excluding hydrogens is 349 g/mol. The zero-order valence-corrected chi connectivity index (χ0v) is 15.6. The predicted octanol–water partition coefficient (Wildman–Crippen LogP) is -0.263. The minimum Gasteiger partial charge on any atom is -0.462 e. The van der Waals surface area contributed by atoms with Crippen LogP contribution >= 0.6 is 0 Å². The number of ether oxygens (including phenoxy) is 1. The van der Waals surface area contributed by atoms with Gasteiger partial charge in [0, 0.05) is 30.4 Å². The fourth-order valence-electron chi connectivity index (χ4n) is 3.67. The number of carbonyl (C=O) groups is 1. The number of hydrogen-bond acceptors (Lipinski definition) is 7. The highest BCUT2D eigenvalue weighted by Crippen LogP contribution is 2.20. The molecule has 3 rings (SSSR count). The number of hydrogen-bond donors (Lipinski definition) is 2. The highest BCUT2D eigenvalue weighted by molar-refractivity contribution is 6.58. The van der Waals surface area contributed by atoms with Crippen LogP contribution in [-0.4, -0.2) is 63.3 Å². The van der Waals surface area contributed by atoms with E-state index in [1.54, 1.807) is 11.5 Å². The van der Waals surface area contributed by atoms with Gasteiger partial charge in [-0.3, -0.25) is 9.69 Å². The molecule has 3 heterocycles. The summed E-state index contributed by atoms with van der Waals surface area (Å²) < 4.78 is 6.82. The van der Waals surface area contributed by atoms with Gasteiger partial charge in [0.25, 0.3) is 0 Å². The first-order chi connectivity index (χ1) is 13.0. The van der Waals surface area contributed by atoms with Crippen LogP contribution in [0.1, 0.15) is 37.0 Å². The Morgan fingerprint density at radius 1 is 1.41 bits per heavy atom. The number of likely N-dealkylation sites (N-methyl/N-ethyl adjacent to an activating group) is 1. The number of pyridine rings is 2. The molecule has 9 heteroatoms. The van der Waals surface area contributed by atoms with Crippen LogP contribution < -0.4 is 10.9 Å². The van der Waals surface area contributed by atoms with Crippen LogP contribution in [0.4, 0.5) is 0 Å². The van der Waals surface area contributed by atoms with Crippen molar-refractivity contribution >= 4 is 29.6 Å². The SMILES string of the molecule is CCOC(=O)c1cn(CC2CCCN2CC)c2ncc(B(O)O)cc2c1=O. The predicted molar refractivity (Wildman–Crippen MR) is 102 cm³/mol. The maximum Gasteiger partial charge on any atom is 0.490 e. The molecule has 0 bridgehead atoms. The molecule has 144 valence electrons. The number of fused-ring (bicyclic) bond motifs is 1. The summed E-state index contributed by atoms with van der Waals surface area (Å²) in [4.78, 5) is 31.7. The van der Waals surface area contributed by atoms with Crippen LogP contribution in [0.15, 0.2) is 23.3 Å². The summed E-state index contributed by atoms with van der Waals surface area (Å²) in [7, 11) is -1.74. The standard InChI is InChI=1S/C18H24BN3O5/c1-3-21-7-5-6-13(21)10-22-11-15(18(24)27-4-2)16(23)14-8-12(19(25)26)9-20-17(14)22/h8-9,11,13,25-26H,3-7,10H2,1-2H3. The molecular formula is C18H24BN3O5. The molecule has 2 aromatic rings. The van der Waals surface area contributed by atoms with Crippen molar-refractivity contribution in [1.82, 2.24) is 14.5 Å². The van der Waals surface area contributed by atoms with E-state index in [4.69, 9.17) is 4.74 Å². The second-order valence-electron chi connectivity index (χ2n) is 6.68. The summed E-state index contributed by atoms with van der Waals surface area (Å²) in [6, 6.07) is 1.67. The first kappa shape index (κ1) is 19.5. The van der Waals surface area contributed by atoms with Crippen molar-refractivity contribution in [3.05, 3.63) is 34.2 Å². The minimum absolute atomic E-state index is 0.0724. The van der Waals surface area contributed by atoms with Crippen molar-refractivity contribution in [2.45, 2.75) is 39.3 Å². The van der Waals surface area contributed by atoms with Crippen LogP contribution in [0.5, 0.6) is 0 Å². The van der Waals surface area contributed by atoms with E-state index in [2.05, 4.69) is 16.8 Å². The summed E-state index contributed by atoms with van der Waals surface area (Å²) in [5.41, 5.74) is -0.0751. The quantitative estimate of drug-likeness (QED) is 0.531. The molecule has 1 saturated heterocycles. The van der Waals surface area contributed by atoms with Crippen molar-refractivity contribution in [3.63, 3.8) is 0 Å². The van der Waals surface area contributed by atoms with Crippen molar-refractivity contribution in [1.29, 1.82) is 0 Å². The minimum atomic E-state index is -1.74. The van der Waals surface area contributed by atoms with Crippen LogP contribution in [0.3, 0.4) is 0 Å². The van der Waals surface area contributed by atoms with Gasteiger partial charge in [0.1, 0.15) is 11.2 Å². The van der Waals surface area contributed by atoms with Gasteiger partial charge in [-0.15, -0.1) is 0 Å². The molecule has 8 nitrogen and oxygen atoms in total. The van der Waals surface area contributed by atoms with E-state index in [1.807, 2.05) is 0 Å². The first-order valence-electron chi connectivity index (χ1n) is 9.26. The molecule has 0 radical (unpaired) electrons. The fraction of sp³-hybridized carbons (Fsp3) is 0.500. The van der Waals surface area contributed by atoms with Crippen molar-refractivity contribution in [3.8, 4) is 0 Å². The summed E-state index contributed by atoms with van der Waals surface area (Å²) in [6.45, 7) is 6.50. The smallest absolute Gasteiger partial charge is 0.462 e. The summed E-state index contributed by atoms with van der Waals surface area (Å²) in [5.74, 6) is -0.688. The van der Waals surface area contributed by atoms with E-state index in [9.17, 15) is 19.6 Å². The lowest BCUT2D eigenvalue weighted by Crippen LogP contribution is -2.35. The molecule has 0 spiro atoms. The second-order valence-corrected chi connectivity index (χ2v) is 6.68. The molecule has 1 fully saturated rings. The van der Waals surface area contributed by atoms with Crippen LogP contribution in [0.25, 0.3) is 11.0 Å². The fourth-order valence-corrected chi connectivity index (χ4v) is 3.67. The Kier molecular flexibility index (Phi) is 5.93. The number of aromatic nitrogens is 2. The zero-order chi connectivity index (χ0) is 19.6. The maximum absolute atomic E-state index is 12.8. The van der Waals surface area contributed by atoms with Crippen LogP contribution in [-0.2, 0) is 11.3 Å². The first-order valence-corrected chi connectivity index (χ1v) is 9.26. The van der Waals surface area contributed by atoms with E-state index < -0.39 is 18.5 Å². The molecule has 1 atom stereocenters. The third kappa shape index (κ3) is 3.90. The van der Waals surface area contributed by atoms with E-state index in [1.165, 1.54) is 18.5 Å². The summed E-state index contributed by atoms with van der Waals surface area (Å²) in [5, 5.41) is 19.0. The lowest BCUT2D eigenvalue weighted by atomic mass is 9.81. The van der Waals surface area contributed by atoms with E-state index in [0.29, 0.717) is 18.2 Å². The van der Waals surface area contributed by atoms with Crippen molar-refractivity contribution < 1.29 is 19.6 Å². The monoisotopic (exact) mass is 373 g/mol. The maximum atomic E-state index is 12.8. The lowest BCUT2D eigenvalue weighted by Gasteiger charge is -2.24. The van der Waals surface area contributed by atoms with E-state index in [-0.39, 0.29) is 23.0 Å². The van der Waals surface area contributed by atoms with Gasteiger partial charge in [-0.2, -0.15) is 0 Å². The Morgan fingerprint density at radius 3 is 2.85 bits per heavy atom. The van der Waals surface area contributed by atoms with Crippen LogP contribution in [0, 0.1) is 0 Å². The Hall–Kier alpha value is -2.23. The van der Waals surface area contributed by atoms with Gasteiger partial charge in [0.05, 0.1) is 12.0 Å². The molecule has 0 saturated carbocycles. The normalized spacial score (nSPS) is 17.4. The number of esters is 1. The van der Waals surface area contributed by atoms with Crippen LogP contribution in [0.2, 0.25) is 0 Å². The van der Waals surface area contributed by atoms with E-state index in [0.717, 1.165) is 25.9 Å². The number of likely N-dealkylation sites (tertiary alicyclic amines) is 1. The van der Waals surface area contributed by atoms with Gasteiger partial charge in [-0.05, 0) is 38.9 Å². The van der Waals surface area contributed by atoms with Gasteiger partial charge in [0.2, 0.25) is 5.43 Å². The Balaban J connectivity index is 2.14. The van der Waals surface area contributed by atoms with Gasteiger partial charge in [0.15, 0.2) is 0 Å². The summed E-state index contributed by atoms with van der Waals surface area (Å²) >= 11 is 0. The molecule has 2 N–H and O–H groups in total. The van der Waals surface area contributed by atoms with Crippen molar-refractivity contribution in [2.24, 2.45) is 0 Å². The molecule has 1 aliphatic rings. The second kappa shape index (κ2) is 8.20. The van der Waals surface area contributed by atoms with Gasteiger partial charge < -0.3 is 19.4 Å². The van der Waals surface area contributed by atoms with Gasteiger partial charge >= 0.3 is 13.1 Å². The van der Waals surface area contributed by atoms with Gasteiger partial charge in [-0.1, -0.05) is 6.92 Å². The summed E-state index contributed by atoms with van der Waals surface area (Å²) in [6.07, 6.45) is 4.98. The Labute approximate surface area is 157 Å². The highest BCUT2D eigenvalue weighted by atomic mass is 16.5. The van der Waals surface area contributed by atoms with E-state index >= 15 is 0 Å². The molecule has 0 amide bonds. The van der Waals surface area contributed by atoms with Gasteiger partial charge in [-0.25, -0.2) is 9.78 Å². The molecule has 2 aromatic heterocycles. The topological polar surface area (TPSA) is 105 Å². The Bertz CT molecular complexity index is 898. The number of rotatable bonds is 6. The molecule has 0 aliphatic carbocycles. The number of carbonyl (C=O) groups excluding carboxylic acids is 1. The highest BCUT2D eigenvalue weighted by Gasteiger charge is 2.26. The molecule has 27 heavy (non-hydrogen) atoms. The molecule has 1 unspecified atom stereocenters. The Morgan fingerprint density at radius 2 is 2.19 bits per heavy atom. The van der Waals surface area contributed by atoms with Crippen molar-refractivity contribution in [2.75, 3.05) is 19.7 Å². The lowest BCUT2D eigenvalue weighted by molar-refractivity contribution is 0.0524. The third-order valence-electron chi connectivity index (χ3n) is 5.04. The average molecular weight is 373 g/mol. The molecule has 0 aromatic carbocycles. The molecule has 1 aliphatic heterocycles. The third-order valence-corrected chi connectivity index (χ3v) is 5.04. The largest absolute Gasteiger partial charge is 0.490 e. The number of nitrogens with zero attached hydrogens (tertiary/aromatic N) is 3.